The van der Waals surface area contributed by atoms with Crippen LogP contribution < -0.4 is 0 Å². The van der Waals surface area contributed by atoms with Crippen molar-refractivity contribution in [3.63, 3.8) is 0 Å². The van der Waals surface area contributed by atoms with E-state index in [-0.39, 0.29) is 6.42 Å². The number of nitrogens with zero attached hydrogens (tertiary/aromatic N) is 2. The third kappa shape index (κ3) is 3.31. The predicted molar refractivity (Wildman–Crippen MR) is 52.9 cm³/mol. The molecule has 0 spiro atoms. The van der Waals surface area contributed by atoms with Crippen LogP contribution >= 0.6 is 27.7 Å². The lowest BCUT2D eigenvalue weighted by Gasteiger charge is -2.00. The second kappa shape index (κ2) is 4.57. The fraction of sp³-hybridized carbons (Fsp3) is 0.286. The van der Waals surface area contributed by atoms with Crippen molar-refractivity contribution in [3.8, 4) is 0 Å². The summed E-state index contributed by atoms with van der Waals surface area (Å²) in [5.74, 6) is -0.891. The van der Waals surface area contributed by atoms with E-state index in [1.165, 1.54) is 11.8 Å². The average Bonchev–Trinajstić information content (AvgIpc) is 2.01. The summed E-state index contributed by atoms with van der Waals surface area (Å²) in [4.78, 5) is 18.5. The Morgan fingerprint density at radius 3 is 2.92 bits per heavy atom. The maximum atomic E-state index is 10.4. The molecule has 0 bridgehead atoms. The molecule has 1 aromatic heterocycles. The molecule has 1 rings (SSSR count). The van der Waals surface area contributed by atoms with Crippen molar-refractivity contribution in [2.24, 2.45) is 0 Å². The van der Waals surface area contributed by atoms with Crippen LogP contribution in [0.2, 0.25) is 0 Å². The lowest BCUT2D eigenvalue weighted by Crippen LogP contribution is -2.03. The van der Waals surface area contributed by atoms with Gasteiger partial charge in [-0.1, -0.05) is 11.8 Å². The maximum Gasteiger partial charge on any atom is 0.309 e. The summed E-state index contributed by atoms with van der Waals surface area (Å²) in [7, 11) is 0. The number of hydrogen-bond donors (Lipinski definition) is 1. The summed E-state index contributed by atoms with van der Waals surface area (Å²) < 4.78 is 0.614. The van der Waals surface area contributed by atoms with Crippen molar-refractivity contribution in [3.05, 3.63) is 16.4 Å². The maximum absolute atomic E-state index is 10.4. The molecule has 0 aromatic carbocycles. The normalized spacial score (nSPS) is 10.0. The van der Waals surface area contributed by atoms with Gasteiger partial charge in [0.15, 0.2) is 5.16 Å². The van der Waals surface area contributed by atoms with Crippen molar-refractivity contribution in [1.82, 2.24) is 9.97 Å². The van der Waals surface area contributed by atoms with Gasteiger partial charge in [0.2, 0.25) is 0 Å². The number of carboxylic acid groups (broad SMARTS) is 1. The third-order valence-corrected chi connectivity index (χ3v) is 2.20. The van der Waals surface area contributed by atoms with E-state index < -0.39 is 5.97 Å². The van der Waals surface area contributed by atoms with Gasteiger partial charge in [0, 0.05) is 0 Å². The first kappa shape index (κ1) is 10.5. The Bertz CT molecular complexity index is 332. The van der Waals surface area contributed by atoms with Crippen molar-refractivity contribution in [1.29, 1.82) is 0 Å². The second-order valence-electron chi connectivity index (χ2n) is 2.24. The first-order chi connectivity index (χ1) is 6.11. The van der Waals surface area contributed by atoms with Gasteiger partial charge in [0.25, 0.3) is 0 Å². The summed E-state index contributed by atoms with van der Waals surface area (Å²) >= 11 is 4.57. The standard InChI is InChI=1S/C7H7BrN2O2S/c1-13-7-9-4(3-6(11)12)2-5(8)10-7/h2H,3H2,1H3,(H,11,12). The van der Waals surface area contributed by atoms with Gasteiger partial charge in [-0.3, -0.25) is 4.79 Å². The lowest BCUT2D eigenvalue weighted by atomic mass is 10.3. The van der Waals surface area contributed by atoms with Crippen LogP contribution in [0.15, 0.2) is 15.8 Å². The first-order valence-corrected chi connectivity index (χ1v) is 5.43. The van der Waals surface area contributed by atoms with E-state index in [2.05, 4.69) is 25.9 Å². The van der Waals surface area contributed by atoms with E-state index in [4.69, 9.17) is 5.11 Å². The number of thioether (sulfide) groups is 1. The van der Waals surface area contributed by atoms with E-state index >= 15 is 0 Å². The van der Waals surface area contributed by atoms with E-state index in [0.29, 0.717) is 15.5 Å². The zero-order valence-corrected chi connectivity index (χ0v) is 9.22. The number of carbonyl (C=O) groups is 1. The third-order valence-electron chi connectivity index (χ3n) is 1.24. The number of aliphatic carboxylic acids is 1. The number of carboxylic acids is 1. The Labute approximate surface area is 87.9 Å². The van der Waals surface area contributed by atoms with Crippen LogP contribution in [0.3, 0.4) is 0 Å². The van der Waals surface area contributed by atoms with Crippen molar-refractivity contribution in [2.75, 3.05) is 6.26 Å². The molecule has 0 saturated heterocycles. The molecule has 70 valence electrons. The van der Waals surface area contributed by atoms with E-state index in [1.54, 1.807) is 6.07 Å². The van der Waals surface area contributed by atoms with Gasteiger partial charge in [-0.15, -0.1) is 0 Å². The minimum Gasteiger partial charge on any atom is -0.481 e. The van der Waals surface area contributed by atoms with Crippen LogP contribution in [0.1, 0.15) is 5.69 Å². The summed E-state index contributed by atoms with van der Waals surface area (Å²) in [5, 5.41) is 9.11. The van der Waals surface area contributed by atoms with Gasteiger partial charge in [-0.2, -0.15) is 0 Å². The first-order valence-electron chi connectivity index (χ1n) is 3.41. The van der Waals surface area contributed by atoms with Crippen molar-refractivity contribution >= 4 is 33.7 Å². The van der Waals surface area contributed by atoms with E-state index in [1.807, 2.05) is 6.26 Å². The van der Waals surface area contributed by atoms with Crippen LogP contribution in [0.5, 0.6) is 0 Å². The highest BCUT2D eigenvalue weighted by molar-refractivity contribution is 9.10. The average molecular weight is 263 g/mol. The lowest BCUT2D eigenvalue weighted by molar-refractivity contribution is -0.136. The largest absolute Gasteiger partial charge is 0.481 e. The Hall–Kier alpha value is -0.620. The second-order valence-corrected chi connectivity index (χ2v) is 3.83. The minimum absolute atomic E-state index is 0.0747. The van der Waals surface area contributed by atoms with Gasteiger partial charge in [0.1, 0.15) is 4.60 Å². The topological polar surface area (TPSA) is 63.1 Å². The number of aromatic nitrogens is 2. The highest BCUT2D eigenvalue weighted by Gasteiger charge is 2.05. The smallest absolute Gasteiger partial charge is 0.309 e. The van der Waals surface area contributed by atoms with Crippen LogP contribution in [-0.2, 0) is 11.2 Å². The SMILES string of the molecule is CSc1nc(Br)cc(CC(=O)O)n1. The number of hydrogen-bond acceptors (Lipinski definition) is 4. The Morgan fingerprint density at radius 2 is 2.38 bits per heavy atom. The van der Waals surface area contributed by atoms with Crippen LogP contribution in [0, 0.1) is 0 Å². The highest BCUT2D eigenvalue weighted by atomic mass is 79.9. The predicted octanol–water partition coefficient (Wildman–Crippen LogP) is 1.59. The molecule has 13 heavy (non-hydrogen) atoms. The quantitative estimate of drug-likeness (QED) is 0.509. The van der Waals surface area contributed by atoms with Crippen molar-refractivity contribution < 1.29 is 9.90 Å². The Balaban J connectivity index is 2.94. The fourth-order valence-electron chi connectivity index (χ4n) is 0.778. The molecule has 6 heteroatoms. The van der Waals surface area contributed by atoms with Gasteiger partial charge < -0.3 is 5.11 Å². The van der Waals surface area contributed by atoms with Crippen molar-refractivity contribution in [2.45, 2.75) is 11.6 Å². The van der Waals surface area contributed by atoms with Crippen LogP contribution in [0.4, 0.5) is 0 Å². The highest BCUT2D eigenvalue weighted by Crippen LogP contribution is 2.14. The molecule has 1 aromatic rings. The van der Waals surface area contributed by atoms with E-state index in [0.717, 1.165) is 0 Å². The molecular formula is C7H7BrN2O2S. The summed E-state index contributed by atoms with van der Waals surface area (Å²) in [6, 6.07) is 1.60. The molecule has 1 N–H and O–H groups in total. The van der Waals surface area contributed by atoms with Gasteiger partial charge in [0.05, 0.1) is 12.1 Å². The molecule has 0 amide bonds. The van der Waals surface area contributed by atoms with Crippen LogP contribution in [0.25, 0.3) is 0 Å². The zero-order chi connectivity index (χ0) is 9.84. The summed E-state index contributed by atoms with van der Waals surface area (Å²) in [6.07, 6.45) is 1.76. The Kier molecular flexibility index (Phi) is 3.68. The summed E-state index contributed by atoms with van der Waals surface area (Å²) in [5.41, 5.74) is 0.513. The Morgan fingerprint density at radius 1 is 1.69 bits per heavy atom. The molecule has 0 fully saturated rings. The molecule has 0 unspecified atom stereocenters. The van der Waals surface area contributed by atoms with Gasteiger partial charge in [-0.25, -0.2) is 9.97 Å². The van der Waals surface area contributed by atoms with Crippen LogP contribution in [-0.4, -0.2) is 27.3 Å². The summed E-state index contributed by atoms with van der Waals surface area (Å²) in [6.45, 7) is 0. The molecule has 0 aliphatic carbocycles. The molecule has 0 aliphatic rings. The number of halogens is 1. The molecule has 1 heterocycles. The minimum atomic E-state index is -0.891. The zero-order valence-electron chi connectivity index (χ0n) is 6.82. The fourth-order valence-corrected chi connectivity index (χ4v) is 1.73. The number of rotatable bonds is 3. The molecule has 0 saturated carbocycles. The molecule has 0 radical (unpaired) electrons. The molecular weight excluding hydrogens is 256 g/mol. The molecule has 0 atom stereocenters. The molecule has 4 nitrogen and oxygen atoms in total. The van der Waals surface area contributed by atoms with E-state index in [9.17, 15) is 4.79 Å². The monoisotopic (exact) mass is 262 g/mol. The van der Waals surface area contributed by atoms with Gasteiger partial charge >= 0.3 is 5.97 Å². The molecule has 0 aliphatic heterocycles. The van der Waals surface area contributed by atoms with Gasteiger partial charge in [-0.05, 0) is 28.3 Å².